The van der Waals surface area contributed by atoms with Gasteiger partial charge in [-0.3, -0.25) is 9.59 Å². The first-order chi connectivity index (χ1) is 21.5. The summed E-state index contributed by atoms with van der Waals surface area (Å²) in [7, 11) is 0. The highest BCUT2D eigenvalue weighted by Crippen LogP contribution is 2.48. The fourth-order valence-corrected chi connectivity index (χ4v) is 8.43. The Hall–Kier alpha value is -3.31. The average Bonchev–Trinajstić information content (AvgIpc) is 3.57. The smallest absolute Gasteiger partial charge is 0.322 e. The van der Waals surface area contributed by atoms with Crippen LogP contribution in [0.1, 0.15) is 72.2 Å². The van der Waals surface area contributed by atoms with E-state index in [1.807, 2.05) is 49.9 Å². The molecular weight excluding hydrogens is 591 g/mol. The molecule has 3 fully saturated rings. The monoisotopic (exact) mass is 640 g/mol. The highest BCUT2D eigenvalue weighted by molar-refractivity contribution is 8.01. The number of carbonyl (C=O) groups excluding carboxylic acids is 3. The van der Waals surface area contributed by atoms with Crippen molar-refractivity contribution in [2.24, 2.45) is 11.1 Å². The standard InChI is InChI=1S/C34H45FN6O3S.2H2/c1-34(2,3)14-18-40-31(43)28(45-32(40)25-8-6-9-26(35)30(25)39-15-11-23(36)21-39)19-29(42)38-16-12-24(13-17-38)41-20-22-7-4-5-10-27(22)37-33(41)44;;/h4-10,23-24,28,32H,11-21,36H2,1-3H3,(H,37,44);2*1H/t23?,28-,32-;;/m0../s1. The molecule has 0 radical (unpaired) electrons. The quantitative estimate of drug-likeness (QED) is 0.405. The third kappa shape index (κ3) is 6.79. The highest BCUT2D eigenvalue weighted by Gasteiger charge is 2.44. The SMILES string of the molecule is CC(C)(C)CCN1C(=O)[C@H](CC(=O)N2CCC(N3Cc4ccccc4NC3=O)CC2)S[C@H]1c1cccc(F)c1N1CCC(N)C1.[HH].[HH]. The molecule has 0 bridgehead atoms. The Kier molecular flexibility index (Phi) is 9.03. The van der Waals surface area contributed by atoms with Crippen LogP contribution in [0.25, 0.3) is 0 Å². The normalized spacial score (nSPS) is 24.3. The minimum Gasteiger partial charge on any atom is -0.367 e. The molecule has 11 heteroatoms. The van der Waals surface area contributed by atoms with Gasteiger partial charge in [-0.1, -0.05) is 51.1 Å². The Balaban J connectivity index is 0.00000250. The first kappa shape index (κ1) is 31.7. The number of anilines is 2. The highest BCUT2D eigenvalue weighted by atomic mass is 32.2. The number of benzene rings is 2. The summed E-state index contributed by atoms with van der Waals surface area (Å²) in [5, 5.41) is 2.07. The number of piperidine rings is 1. The summed E-state index contributed by atoms with van der Waals surface area (Å²) < 4.78 is 15.4. The van der Waals surface area contributed by atoms with E-state index in [0.29, 0.717) is 57.8 Å². The van der Waals surface area contributed by atoms with Gasteiger partial charge in [0.1, 0.15) is 11.2 Å². The number of nitrogens with one attached hydrogen (secondary N) is 1. The van der Waals surface area contributed by atoms with Gasteiger partial charge >= 0.3 is 6.03 Å². The van der Waals surface area contributed by atoms with E-state index >= 15 is 4.39 Å². The summed E-state index contributed by atoms with van der Waals surface area (Å²) in [6.45, 7) is 9.86. The molecule has 1 unspecified atom stereocenters. The molecular formula is C34H49FN6O3S. The largest absolute Gasteiger partial charge is 0.367 e. The van der Waals surface area contributed by atoms with Crippen molar-refractivity contribution in [2.45, 2.75) is 82.1 Å². The van der Waals surface area contributed by atoms with E-state index in [1.54, 1.807) is 6.07 Å². The van der Waals surface area contributed by atoms with Crippen molar-refractivity contribution in [3.8, 4) is 0 Å². The molecule has 246 valence electrons. The van der Waals surface area contributed by atoms with Crippen molar-refractivity contribution in [1.82, 2.24) is 14.7 Å². The lowest BCUT2D eigenvalue weighted by Gasteiger charge is -2.40. The van der Waals surface area contributed by atoms with Crippen molar-refractivity contribution < 1.29 is 21.6 Å². The third-order valence-corrected chi connectivity index (χ3v) is 11.0. The van der Waals surface area contributed by atoms with Gasteiger partial charge in [0, 0.05) is 71.9 Å². The van der Waals surface area contributed by atoms with Crippen LogP contribution >= 0.6 is 11.8 Å². The van der Waals surface area contributed by atoms with Crippen molar-refractivity contribution in [1.29, 1.82) is 0 Å². The average molecular weight is 641 g/mol. The summed E-state index contributed by atoms with van der Waals surface area (Å²) >= 11 is 1.47. The Morgan fingerprint density at radius 3 is 2.53 bits per heavy atom. The second kappa shape index (κ2) is 12.8. The lowest BCUT2D eigenvalue weighted by Crippen LogP contribution is -2.51. The zero-order chi connectivity index (χ0) is 31.9. The predicted octanol–water partition coefficient (Wildman–Crippen LogP) is 5.66. The van der Waals surface area contributed by atoms with Crippen LogP contribution in [0.4, 0.5) is 20.6 Å². The maximum atomic E-state index is 15.4. The van der Waals surface area contributed by atoms with E-state index in [0.717, 1.165) is 29.7 Å². The number of fused-ring (bicyclic) bond motifs is 1. The number of urea groups is 1. The van der Waals surface area contributed by atoms with Crippen LogP contribution in [-0.2, 0) is 16.1 Å². The van der Waals surface area contributed by atoms with Gasteiger partial charge in [0.25, 0.3) is 0 Å². The van der Waals surface area contributed by atoms with Gasteiger partial charge in [-0.15, -0.1) is 11.8 Å². The molecule has 6 rings (SSSR count). The Morgan fingerprint density at radius 1 is 1.07 bits per heavy atom. The van der Waals surface area contributed by atoms with Crippen LogP contribution in [0.15, 0.2) is 42.5 Å². The second-order valence-electron chi connectivity index (χ2n) is 14.0. The number of amides is 4. The maximum absolute atomic E-state index is 15.4. The molecule has 45 heavy (non-hydrogen) atoms. The van der Waals surface area contributed by atoms with Gasteiger partial charge in [-0.25, -0.2) is 9.18 Å². The number of hydrogen-bond acceptors (Lipinski definition) is 6. The molecule has 3 atom stereocenters. The van der Waals surface area contributed by atoms with Crippen LogP contribution in [0.3, 0.4) is 0 Å². The molecule has 4 heterocycles. The molecule has 3 N–H and O–H groups in total. The summed E-state index contributed by atoms with van der Waals surface area (Å²) in [6, 6.07) is 12.9. The first-order valence-electron chi connectivity index (χ1n) is 16.2. The van der Waals surface area contributed by atoms with Gasteiger partial charge < -0.3 is 30.7 Å². The van der Waals surface area contributed by atoms with E-state index in [2.05, 4.69) is 26.1 Å². The molecule has 3 saturated heterocycles. The molecule has 0 aliphatic carbocycles. The molecule has 2 aromatic rings. The van der Waals surface area contributed by atoms with E-state index in [1.165, 1.54) is 17.8 Å². The zero-order valence-corrected chi connectivity index (χ0v) is 27.3. The van der Waals surface area contributed by atoms with E-state index < -0.39 is 5.25 Å². The van der Waals surface area contributed by atoms with Gasteiger partial charge in [-0.05, 0) is 48.8 Å². The first-order valence-corrected chi connectivity index (χ1v) is 17.1. The number of rotatable bonds is 7. The van der Waals surface area contributed by atoms with E-state index in [9.17, 15) is 14.4 Å². The Bertz CT molecular complexity index is 1450. The summed E-state index contributed by atoms with van der Waals surface area (Å²) in [5.74, 6) is -0.415. The molecule has 2 aromatic carbocycles. The van der Waals surface area contributed by atoms with Gasteiger partial charge in [0.2, 0.25) is 11.8 Å². The second-order valence-corrected chi connectivity index (χ2v) is 15.3. The lowest BCUT2D eigenvalue weighted by atomic mass is 9.92. The molecule has 4 aliphatic heterocycles. The van der Waals surface area contributed by atoms with Crippen LogP contribution in [-0.4, -0.2) is 82.6 Å². The maximum Gasteiger partial charge on any atom is 0.322 e. The van der Waals surface area contributed by atoms with Crippen molar-refractivity contribution in [3.63, 3.8) is 0 Å². The van der Waals surface area contributed by atoms with Crippen LogP contribution < -0.4 is 16.0 Å². The van der Waals surface area contributed by atoms with Gasteiger partial charge in [-0.2, -0.15) is 0 Å². The fourth-order valence-electron chi connectivity index (χ4n) is 6.94. The molecule has 0 aromatic heterocycles. The number of likely N-dealkylation sites (tertiary alicyclic amines) is 1. The summed E-state index contributed by atoms with van der Waals surface area (Å²) in [5.41, 5.74) is 9.44. The number of halogens is 1. The van der Waals surface area contributed by atoms with Crippen molar-refractivity contribution in [3.05, 3.63) is 59.4 Å². The number of carbonyl (C=O) groups is 3. The minimum absolute atomic E-state index is 0. The van der Waals surface area contributed by atoms with E-state index in [-0.39, 0.29) is 55.8 Å². The number of nitrogens with two attached hydrogens (primary N) is 1. The molecule has 0 spiro atoms. The molecule has 4 aliphatic rings. The minimum atomic E-state index is -0.540. The summed E-state index contributed by atoms with van der Waals surface area (Å²) in [6.07, 6.45) is 3.07. The topological polar surface area (TPSA) is 102 Å². The molecule has 9 nitrogen and oxygen atoms in total. The fraction of sp³-hybridized carbons (Fsp3) is 0.559. The van der Waals surface area contributed by atoms with Crippen molar-refractivity contribution in [2.75, 3.05) is 42.9 Å². The number of nitrogens with zero attached hydrogens (tertiary/aromatic N) is 4. The predicted molar refractivity (Wildman–Crippen MR) is 181 cm³/mol. The van der Waals surface area contributed by atoms with E-state index in [4.69, 9.17) is 5.73 Å². The van der Waals surface area contributed by atoms with Crippen LogP contribution in [0, 0.1) is 11.2 Å². The van der Waals surface area contributed by atoms with Crippen LogP contribution in [0.5, 0.6) is 0 Å². The molecule has 0 saturated carbocycles. The lowest BCUT2D eigenvalue weighted by molar-refractivity contribution is -0.137. The Morgan fingerprint density at radius 2 is 1.82 bits per heavy atom. The summed E-state index contributed by atoms with van der Waals surface area (Å²) in [4.78, 5) is 48.0. The van der Waals surface area contributed by atoms with Crippen LogP contribution in [0.2, 0.25) is 0 Å². The number of thioether (sulfide) groups is 1. The zero-order valence-electron chi connectivity index (χ0n) is 26.5. The third-order valence-electron chi connectivity index (χ3n) is 9.54. The Labute approximate surface area is 272 Å². The number of para-hydroxylation sites is 2. The molecule has 4 amide bonds. The van der Waals surface area contributed by atoms with Gasteiger partial charge in [0.15, 0.2) is 0 Å². The van der Waals surface area contributed by atoms with Crippen molar-refractivity contribution >= 4 is 41.0 Å². The van der Waals surface area contributed by atoms with Gasteiger partial charge in [0.05, 0.1) is 10.9 Å². The number of hydrogen-bond donors (Lipinski definition) is 2.